The molecule has 2 heterocycles. The molecule has 3 heteroatoms. The first kappa shape index (κ1) is 12.9. The van der Waals surface area contributed by atoms with Crippen LogP contribution in [0.3, 0.4) is 0 Å². The molecule has 0 bridgehead atoms. The van der Waals surface area contributed by atoms with Crippen LogP contribution in [-0.2, 0) is 4.74 Å². The molecule has 1 fully saturated rings. The third-order valence-electron chi connectivity index (χ3n) is 3.70. The van der Waals surface area contributed by atoms with Gasteiger partial charge >= 0.3 is 0 Å². The average molecular weight is 238 g/mol. The lowest BCUT2D eigenvalue weighted by Crippen LogP contribution is -2.44. The molecular formula is C14H26N2O. The highest BCUT2D eigenvalue weighted by atomic mass is 16.5. The van der Waals surface area contributed by atoms with Gasteiger partial charge < -0.3 is 15.0 Å². The highest BCUT2D eigenvalue weighted by molar-refractivity contribution is 4.83. The topological polar surface area (TPSA) is 24.5 Å². The number of piperidine rings is 1. The largest absolute Gasteiger partial charge is 0.497 e. The van der Waals surface area contributed by atoms with E-state index in [0.29, 0.717) is 12.1 Å². The van der Waals surface area contributed by atoms with Crippen molar-refractivity contribution < 1.29 is 4.74 Å². The zero-order chi connectivity index (χ0) is 11.9. The van der Waals surface area contributed by atoms with E-state index in [-0.39, 0.29) is 0 Å². The summed E-state index contributed by atoms with van der Waals surface area (Å²) in [6.45, 7) is 7.03. The van der Waals surface area contributed by atoms with E-state index >= 15 is 0 Å². The third kappa shape index (κ3) is 4.68. The van der Waals surface area contributed by atoms with E-state index in [0.717, 1.165) is 19.4 Å². The molecule has 1 saturated heterocycles. The van der Waals surface area contributed by atoms with Crippen LogP contribution in [0, 0.1) is 0 Å². The van der Waals surface area contributed by atoms with Crippen molar-refractivity contribution in [3.05, 3.63) is 12.3 Å². The molecule has 0 amide bonds. The number of ether oxygens (including phenoxy) is 1. The van der Waals surface area contributed by atoms with E-state index in [1.165, 1.54) is 38.9 Å². The summed E-state index contributed by atoms with van der Waals surface area (Å²) in [5.41, 5.74) is 0. The Balaban J connectivity index is 1.59. The maximum atomic E-state index is 5.56. The lowest BCUT2D eigenvalue weighted by molar-refractivity contribution is 0.116. The molecular weight excluding hydrogens is 212 g/mol. The maximum Gasteiger partial charge on any atom is 0.110 e. The monoisotopic (exact) mass is 238 g/mol. The fraction of sp³-hybridized carbons (Fsp3) is 0.857. The first-order valence-corrected chi connectivity index (χ1v) is 7.11. The number of nitrogens with zero attached hydrogens (tertiary/aromatic N) is 1. The predicted octanol–water partition coefficient (Wildman–Crippen LogP) is 2.14. The minimum atomic E-state index is 0.379. The average Bonchev–Trinajstić information content (AvgIpc) is 2.39. The third-order valence-corrected chi connectivity index (χ3v) is 3.70. The minimum Gasteiger partial charge on any atom is -0.497 e. The van der Waals surface area contributed by atoms with Gasteiger partial charge in [0.1, 0.15) is 6.10 Å². The van der Waals surface area contributed by atoms with Crippen LogP contribution in [0.5, 0.6) is 0 Å². The molecule has 0 aromatic heterocycles. The summed E-state index contributed by atoms with van der Waals surface area (Å²) >= 11 is 0. The van der Waals surface area contributed by atoms with Crippen LogP contribution in [0.2, 0.25) is 0 Å². The van der Waals surface area contributed by atoms with E-state index < -0.39 is 0 Å². The quantitative estimate of drug-likeness (QED) is 0.794. The molecule has 2 aliphatic rings. The minimum absolute atomic E-state index is 0.379. The van der Waals surface area contributed by atoms with Crippen molar-refractivity contribution in [2.75, 3.05) is 26.2 Å². The zero-order valence-corrected chi connectivity index (χ0v) is 11.0. The summed E-state index contributed by atoms with van der Waals surface area (Å²) in [6, 6.07) is 0.572. The molecule has 98 valence electrons. The van der Waals surface area contributed by atoms with Crippen LogP contribution in [0.4, 0.5) is 0 Å². The van der Waals surface area contributed by atoms with E-state index in [1.807, 2.05) is 6.26 Å². The second kappa shape index (κ2) is 7.02. The van der Waals surface area contributed by atoms with Gasteiger partial charge in [0.25, 0.3) is 0 Å². The molecule has 2 rings (SSSR count). The zero-order valence-electron chi connectivity index (χ0n) is 11.0. The Bertz CT molecular complexity index is 236. The maximum absolute atomic E-state index is 5.56. The van der Waals surface area contributed by atoms with Crippen molar-refractivity contribution in [2.24, 2.45) is 0 Å². The van der Waals surface area contributed by atoms with Crippen LogP contribution >= 0.6 is 0 Å². The molecule has 0 aromatic carbocycles. The molecule has 2 aliphatic heterocycles. The van der Waals surface area contributed by atoms with E-state index in [4.69, 9.17) is 4.74 Å². The Labute approximate surface area is 105 Å². The summed E-state index contributed by atoms with van der Waals surface area (Å²) in [4.78, 5) is 2.59. The van der Waals surface area contributed by atoms with Crippen LogP contribution in [0.25, 0.3) is 0 Å². The lowest BCUT2D eigenvalue weighted by atomic mass is 10.1. The Kier molecular flexibility index (Phi) is 5.33. The van der Waals surface area contributed by atoms with Crippen molar-refractivity contribution in [3.8, 4) is 0 Å². The molecule has 1 N–H and O–H groups in total. The fourth-order valence-electron chi connectivity index (χ4n) is 2.66. The van der Waals surface area contributed by atoms with Gasteiger partial charge in [-0.25, -0.2) is 0 Å². The van der Waals surface area contributed by atoms with Crippen LogP contribution < -0.4 is 5.32 Å². The fourth-order valence-corrected chi connectivity index (χ4v) is 2.66. The van der Waals surface area contributed by atoms with Crippen LogP contribution in [-0.4, -0.2) is 43.2 Å². The van der Waals surface area contributed by atoms with Crippen LogP contribution in [0.1, 0.15) is 39.0 Å². The normalized spacial score (nSPS) is 27.7. The van der Waals surface area contributed by atoms with Gasteiger partial charge in [0, 0.05) is 19.1 Å². The number of allylic oxidation sites excluding steroid dienone is 1. The summed E-state index contributed by atoms with van der Waals surface area (Å²) in [5.74, 6) is 0. The Morgan fingerprint density at radius 3 is 2.88 bits per heavy atom. The van der Waals surface area contributed by atoms with E-state index in [1.54, 1.807) is 0 Å². The van der Waals surface area contributed by atoms with Gasteiger partial charge in [-0.3, -0.25) is 0 Å². The smallest absolute Gasteiger partial charge is 0.110 e. The number of likely N-dealkylation sites (tertiary alicyclic amines) is 1. The van der Waals surface area contributed by atoms with Gasteiger partial charge in [0.05, 0.1) is 6.26 Å². The van der Waals surface area contributed by atoms with E-state index in [2.05, 4.69) is 23.2 Å². The molecule has 3 nitrogen and oxygen atoms in total. The number of hydrogen-bond acceptors (Lipinski definition) is 3. The van der Waals surface area contributed by atoms with Crippen molar-refractivity contribution in [1.29, 1.82) is 0 Å². The number of rotatable bonds is 5. The molecule has 2 unspecified atom stereocenters. The van der Waals surface area contributed by atoms with E-state index in [9.17, 15) is 0 Å². The number of nitrogens with one attached hydrogen (secondary N) is 1. The second-order valence-electron chi connectivity index (χ2n) is 5.38. The lowest BCUT2D eigenvalue weighted by Gasteiger charge is -2.30. The summed E-state index contributed by atoms with van der Waals surface area (Å²) < 4.78 is 5.56. The Morgan fingerprint density at radius 1 is 1.35 bits per heavy atom. The van der Waals surface area contributed by atoms with Crippen molar-refractivity contribution in [2.45, 2.75) is 51.2 Å². The van der Waals surface area contributed by atoms with Gasteiger partial charge in [0.2, 0.25) is 0 Å². The molecule has 2 atom stereocenters. The van der Waals surface area contributed by atoms with Gasteiger partial charge in [-0.05, 0) is 51.8 Å². The van der Waals surface area contributed by atoms with Gasteiger partial charge in [-0.1, -0.05) is 6.42 Å². The van der Waals surface area contributed by atoms with Gasteiger partial charge in [-0.2, -0.15) is 0 Å². The second-order valence-corrected chi connectivity index (χ2v) is 5.38. The molecule has 0 spiro atoms. The predicted molar refractivity (Wildman–Crippen MR) is 71.0 cm³/mol. The van der Waals surface area contributed by atoms with Crippen molar-refractivity contribution in [3.63, 3.8) is 0 Å². The van der Waals surface area contributed by atoms with Crippen molar-refractivity contribution >= 4 is 0 Å². The first-order chi connectivity index (χ1) is 8.34. The highest BCUT2D eigenvalue weighted by Crippen LogP contribution is 2.10. The number of hydrogen-bond donors (Lipinski definition) is 1. The molecule has 0 saturated carbocycles. The molecule has 17 heavy (non-hydrogen) atoms. The summed E-state index contributed by atoms with van der Waals surface area (Å²) in [7, 11) is 0. The molecule has 0 aliphatic carbocycles. The Hall–Kier alpha value is -0.540. The van der Waals surface area contributed by atoms with Crippen molar-refractivity contribution in [1.82, 2.24) is 10.2 Å². The summed E-state index contributed by atoms with van der Waals surface area (Å²) in [5, 5.41) is 3.60. The van der Waals surface area contributed by atoms with Gasteiger partial charge in [0.15, 0.2) is 0 Å². The SMILES string of the molecule is CC(CN1CCCCC1)NCC1CCC=CO1. The molecule has 0 radical (unpaired) electrons. The standard InChI is InChI=1S/C14H26N2O/c1-13(12-16-8-4-2-5-9-16)15-11-14-7-3-6-10-17-14/h6,10,13-15H,2-5,7-9,11-12H2,1H3. The first-order valence-electron chi connectivity index (χ1n) is 7.11. The van der Waals surface area contributed by atoms with Crippen LogP contribution in [0.15, 0.2) is 12.3 Å². The molecule has 0 aromatic rings. The summed E-state index contributed by atoms with van der Waals surface area (Å²) in [6.07, 6.45) is 10.8. The highest BCUT2D eigenvalue weighted by Gasteiger charge is 2.15. The Morgan fingerprint density at radius 2 is 2.18 bits per heavy atom. The van der Waals surface area contributed by atoms with Gasteiger partial charge in [-0.15, -0.1) is 0 Å².